The third kappa shape index (κ3) is 5.45. The van der Waals surface area contributed by atoms with E-state index in [4.69, 9.17) is 25.8 Å². The number of sulfonamides is 1. The maximum Gasteiger partial charge on any atom is 0.240 e. The van der Waals surface area contributed by atoms with Gasteiger partial charge in [-0.1, -0.05) is 17.7 Å². The second kappa shape index (κ2) is 8.79. The summed E-state index contributed by atoms with van der Waals surface area (Å²) in [7, 11) is -3.68. The van der Waals surface area contributed by atoms with Crippen LogP contribution >= 0.6 is 11.6 Å². The predicted molar refractivity (Wildman–Crippen MR) is 109 cm³/mol. The number of fused-ring (bicyclic) bond motifs is 1. The Balaban J connectivity index is 1.56. The van der Waals surface area contributed by atoms with Gasteiger partial charge in [0.25, 0.3) is 0 Å². The van der Waals surface area contributed by atoms with Crippen molar-refractivity contribution in [2.45, 2.75) is 6.92 Å². The van der Waals surface area contributed by atoms with Crippen LogP contribution in [0.3, 0.4) is 0 Å². The van der Waals surface area contributed by atoms with Crippen LogP contribution in [-0.2, 0) is 14.8 Å². The second-order valence-electron chi connectivity index (χ2n) is 6.42. The summed E-state index contributed by atoms with van der Waals surface area (Å²) in [6.07, 6.45) is 1.04. The molecule has 0 radical (unpaired) electrons. The summed E-state index contributed by atoms with van der Waals surface area (Å²) < 4.78 is 41.4. The zero-order valence-corrected chi connectivity index (χ0v) is 17.5. The summed E-state index contributed by atoms with van der Waals surface area (Å²) in [5.41, 5.74) is 1.26. The van der Waals surface area contributed by atoms with Gasteiger partial charge >= 0.3 is 0 Å². The number of rotatable bonds is 8. The largest absolute Gasteiger partial charge is 0.492 e. The lowest BCUT2D eigenvalue weighted by molar-refractivity contribution is -0.119. The number of amides is 1. The molecule has 0 atom stereocenters. The fourth-order valence-electron chi connectivity index (χ4n) is 2.65. The number of nitrogens with zero attached hydrogens (tertiary/aromatic N) is 1. The molecule has 0 aliphatic carbocycles. The highest BCUT2D eigenvalue weighted by atomic mass is 35.5. The van der Waals surface area contributed by atoms with Crippen molar-refractivity contribution >= 4 is 33.2 Å². The molecule has 0 saturated heterocycles. The number of hydrogen-bond donors (Lipinski definition) is 1. The molecule has 0 aromatic heterocycles. The lowest BCUT2D eigenvalue weighted by Crippen LogP contribution is -2.41. The first-order valence-corrected chi connectivity index (χ1v) is 11.0. The Morgan fingerprint density at radius 1 is 1.21 bits per heavy atom. The van der Waals surface area contributed by atoms with Crippen LogP contribution in [0, 0.1) is 6.92 Å². The number of nitrogens with one attached hydrogen (secondary N) is 1. The molecule has 1 heterocycles. The minimum absolute atomic E-state index is 0.0738. The Morgan fingerprint density at radius 2 is 1.97 bits per heavy atom. The molecule has 1 N–H and O–H groups in total. The Kier molecular flexibility index (Phi) is 6.39. The highest BCUT2D eigenvalue weighted by molar-refractivity contribution is 7.92. The number of ether oxygens (including phenoxy) is 3. The monoisotopic (exact) mass is 440 g/mol. The van der Waals surface area contributed by atoms with Crippen molar-refractivity contribution in [3.8, 4) is 17.2 Å². The number of carbonyl (C=O) groups excluding carboxylic acids is 1. The molecule has 29 heavy (non-hydrogen) atoms. The topological polar surface area (TPSA) is 94.2 Å². The van der Waals surface area contributed by atoms with Gasteiger partial charge in [0.15, 0.2) is 11.5 Å². The van der Waals surface area contributed by atoms with Gasteiger partial charge in [-0.05, 0) is 36.8 Å². The lowest BCUT2D eigenvalue weighted by Gasteiger charge is -2.22. The first-order chi connectivity index (χ1) is 13.7. The number of halogens is 1. The van der Waals surface area contributed by atoms with Crippen LogP contribution < -0.4 is 23.8 Å². The van der Waals surface area contributed by atoms with E-state index in [1.165, 1.54) is 6.07 Å². The Morgan fingerprint density at radius 3 is 2.69 bits per heavy atom. The molecule has 0 unspecified atom stereocenters. The average Bonchev–Trinajstić information content (AvgIpc) is 3.13. The molecule has 0 fully saturated rings. The van der Waals surface area contributed by atoms with E-state index in [2.05, 4.69) is 5.32 Å². The first-order valence-electron chi connectivity index (χ1n) is 8.77. The quantitative estimate of drug-likeness (QED) is 0.633. The third-order valence-corrected chi connectivity index (χ3v) is 5.72. The van der Waals surface area contributed by atoms with Gasteiger partial charge < -0.3 is 19.5 Å². The normalized spacial score (nSPS) is 12.5. The summed E-state index contributed by atoms with van der Waals surface area (Å²) >= 11 is 6.04. The van der Waals surface area contributed by atoms with E-state index in [-0.39, 0.29) is 26.5 Å². The number of anilines is 1. The van der Waals surface area contributed by atoms with E-state index >= 15 is 0 Å². The number of hydrogen-bond acceptors (Lipinski definition) is 6. The van der Waals surface area contributed by atoms with E-state index in [0.717, 1.165) is 16.1 Å². The van der Waals surface area contributed by atoms with Gasteiger partial charge in [-0.15, -0.1) is 0 Å². The smallest absolute Gasteiger partial charge is 0.240 e. The fraction of sp³-hybridized carbons (Fsp3) is 0.316. The van der Waals surface area contributed by atoms with Crippen molar-refractivity contribution in [1.82, 2.24) is 5.32 Å². The SMILES string of the molecule is Cc1ccc(OCCNC(=O)CN(c2ccc3c(c2)OCO3)S(C)(=O)=O)cc1Cl. The van der Waals surface area contributed by atoms with Gasteiger partial charge in [0.1, 0.15) is 18.9 Å². The van der Waals surface area contributed by atoms with Crippen LogP contribution in [0.5, 0.6) is 17.2 Å². The van der Waals surface area contributed by atoms with Gasteiger partial charge in [-0.3, -0.25) is 9.10 Å². The molecule has 1 aliphatic rings. The molecule has 156 valence electrons. The van der Waals surface area contributed by atoms with Gasteiger partial charge in [-0.25, -0.2) is 8.42 Å². The van der Waals surface area contributed by atoms with Crippen LogP contribution in [0.25, 0.3) is 0 Å². The highest BCUT2D eigenvalue weighted by Gasteiger charge is 2.23. The molecule has 2 aromatic rings. The van der Waals surface area contributed by atoms with E-state index in [1.807, 2.05) is 13.0 Å². The van der Waals surface area contributed by atoms with Crippen LogP contribution in [0.1, 0.15) is 5.56 Å². The zero-order valence-electron chi connectivity index (χ0n) is 16.0. The van der Waals surface area contributed by atoms with Crippen molar-refractivity contribution in [2.75, 3.05) is 37.1 Å². The first kappa shape index (κ1) is 21.1. The molecule has 2 aromatic carbocycles. The molecular formula is C19H21ClN2O6S. The van der Waals surface area contributed by atoms with E-state index < -0.39 is 15.9 Å². The molecule has 10 heteroatoms. The highest BCUT2D eigenvalue weighted by Crippen LogP contribution is 2.36. The number of aryl methyl sites for hydroxylation is 1. The molecular weight excluding hydrogens is 420 g/mol. The summed E-state index contributed by atoms with van der Waals surface area (Å²) in [6, 6.07) is 10.0. The van der Waals surface area contributed by atoms with Gasteiger partial charge in [0, 0.05) is 11.1 Å². The minimum atomic E-state index is -3.68. The average molecular weight is 441 g/mol. The second-order valence-corrected chi connectivity index (χ2v) is 8.73. The van der Waals surface area contributed by atoms with Crippen LogP contribution in [0.2, 0.25) is 5.02 Å². The molecule has 0 bridgehead atoms. The predicted octanol–water partition coefficient (Wildman–Crippen LogP) is 2.34. The van der Waals surface area contributed by atoms with Gasteiger partial charge in [0.05, 0.1) is 18.5 Å². The lowest BCUT2D eigenvalue weighted by atomic mass is 10.2. The maximum absolute atomic E-state index is 12.3. The van der Waals surface area contributed by atoms with Gasteiger partial charge in [-0.2, -0.15) is 0 Å². The molecule has 0 spiro atoms. The van der Waals surface area contributed by atoms with Crippen molar-refractivity contribution < 1.29 is 27.4 Å². The summed E-state index contributed by atoms with van der Waals surface area (Å²) in [5, 5.41) is 3.24. The van der Waals surface area contributed by atoms with E-state index in [9.17, 15) is 13.2 Å². The Bertz CT molecular complexity index is 1010. The van der Waals surface area contributed by atoms with Crippen molar-refractivity contribution in [3.63, 3.8) is 0 Å². The van der Waals surface area contributed by atoms with Gasteiger partial charge in [0.2, 0.25) is 22.7 Å². The van der Waals surface area contributed by atoms with Crippen molar-refractivity contribution in [2.24, 2.45) is 0 Å². The molecule has 1 aliphatic heterocycles. The van der Waals surface area contributed by atoms with Crippen molar-refractivity contribution in [1.29, 1.82) is 0 Å². The minimum Gasteiger partial charge on any atom is -0.492 e. The fourth-order valence-corrected chi connectivity index (χ4v) is 3.67. The summed E-state index contributed by atoms with van der Waals surface area (Å²) in [4.78, 5) is 12.3. The van der Waals surface area contributed by atoms with E-state index in [1.54, 1.807) is 24.3 Å². The molecule has 1 amide bonds. The number of carbonyl (C=O) groups is 1. The Hall–Kier alpha value is -2.65. The zero-order chi connectivity index (χ0) is 21.0. The van der Waals surface area contributed by atoms with Crippen LogP contribution in [0.15, 0.2) is 36.4 Å². The molecule has 0 saturated carbocycles. The third-order valence-electron chi connectivity index (χ3n) is 4.17. The standard InChI is InChI=1S/C19H21ClN2O6S/c1-13-3-5-15(10-16(13)20)26-8-7-21-19(23)11-22(29(2,24)25)14-4-6-17-18(9-14)28-12-27-17/h3-6,9-10H,7-8,11-12H2,1-2H3,(H,21,23). The Labute approximate surface area is 174 Å². The van der Waals surface area contributed by atoms with Crippen LogP contribution in [0.4, 0.5) is 5.69 Å². The molecule has 3 rings (SSSR count). The summed E-state index contributed by atoms with van der Waals surface area (Å²) in [5.74, 6) is 1.09. The van der Waals surface area contributed by atoms with Crippen LogP contribution in [-0.4, -0.2) is 47.1 Å². The number of benzene rings is 2. The summed E-state index contributed by atoms with van der Waals surface area (Å²) in [6.45, 7) is 2.02. The van der Waals surface area contributed by atoms with E-state index in [0.29, 0.717) is 28.0 Å². The molecule has 8 nitrogen and oxygen atoms in total. The maximum atomic E-state index is 12.3. The van der Waals surface area contributed by atoms with Crippen molar-refractivity contribution in [3.05, 3.63) is 47.0 Å².